The highest BCUT2D eigenvalue weighted by Crippen LogP contribution is 2.44. The van der Waals surface area contributed by atoms with Crippen LogP contribution in [0.2, 0.25) is 0 Å². The summed E-state index contributed by atoms with van der Waals surface area (Å²) in [7, 11) is 0. The van der Waals surface area contributed by atoms with Crippen LogP contribution in [0, 0.1) is 24.2 Å². The summed E-state index contributed by atoms with van der Waals surface area (Å²) in [5, 5.41) is 0. The highest BCUT2D eigenvalue weighted by atomic mass is 16.5. The van der Waals surface area contributed by atoms with Crippen LogP contribution in [0.5, 0.6) is 5.75 Å². The number of hydrogen-bond acceptors (Lipinski definition) is 2. The fraction of sp³-hybridized carbons (Fsp3) is 0.714. The zero-order valence-corrected chi connectivity index (χ0v) is 15.7. The van der Waals surface area contributed by atoms with Gasteiger partial charge >= 0.3 is 0 Å². The maximum Gasteiger partial charge on any atom is 0.119 e. The van der Waals surface area contributed by atoms with Gasteiger partial charge in [-0.3, -0.25) is 0 Å². The Morgan fingerprint density at radius 2 is 1.83 bits per heavy atom. The van der Waals surface area contributed by atoms with Gasteiger partial charge in [0, 0.05) is 0 Å². The molecule has 0 radical (unpaired) electrons. The van der Waals surface area contributed by atoms with E-state index in [0.717, 1.165) is 30.7 Å². The Labute approximate surface area is 142 Å². The molecule has 2 rings (SSSR count). The summed E-state index contributed by atoms with van der Waals surface area (Å²) in [5.74, 6) is 3.06. The van der Waals surface area contributed by atoms with Crippen LogP contribution in [0.4, 0.5) is 0 Å². The molecule has 130 valence electrons. The summed E-state index contributed by atoms with van der Waals surface area (Å²) in [6, 6.07) is 6.52. The van der Waals surface area contributed by atoms with Gasteiger partial charge in [-0.25, -0.2) is 0 Å². The van der Waals surface area contributed by atoms with E-state index in [2.05, 4.69) is 45.9 Å². The third kappa shape index (κ3) is 4.50. The SMILES string of the molecule is CCOc1ccc(C(CN)C2CCC(C(C)(C)C)CC2)c(C)c1. The van der Waals surface area contributed by atoms with Crippen LogP contribution in [0.1, 0.15) is 70.4 Å². The molecule has 1 saturated carbocycles. The van der Waals surface area contributed by atoms with Gasteiger partial charge in [0.25, 0.3) is 0 Å². The van der Waals surface area contributed by atoms with Crippen molar-refractivity contribution < 1.29 is 4.74 Å². The Bertz CT molecular complexity index is 495. The predicted octanol–water partition coefficient (Wildman–Crippen LogP) is 5.29. The van der Waals surface area contributed by atoms with Crippen LogP contribution < -0.4 is 10.5 Å². The maximum absolute atomic E-state index is 6.19. The Morgan fingerprint density at radius 3 is 2.30 bits per heavy atom. The normalized spacial score (nSPS) is 23.6. The zero-order chi connectivity index (χ0) is 17.0. The molecule has 1 unspecified atom stereocenters. The van der Waals surface area contributed by atoms with Crippen LogP contribution in [0.3, 0.4) is 0 Å². The van der Waals surface area contributed by atoms with Gasteiger partial charge < -0.3 is 10.5 Å². The van der Waals surface area contributed by atoms with Crippen LogP contribution >= 0.6 is 0 Å². The first-order valence-electron chi connectivity index (χ1n) is 9.30. The Hall–Kier alpha value is -1.02. The number of nitrogens with two attached hydrogens (primary N) is 1. The van der Waals surface area contributed by atoms with E-state index in [1.807, 2.05) is 6.92 Å². The first-order valence-corrected chi connectivity index (χ1v) is 9.30. The van der Waals surface area contributed by atoms with Crippen LogP contribution in [0.15, 0.2) is 18.2 Å². The second-order valence-electron chi connectivity index (χ2n) is 8.27. The minimum absolute atomic E-state index is 0.443. The van der Waals surface area contributed by atoms with E-state index in [-0.39, 0.29) is 0 Å². The Balaban J connectivity index is 2.09. The summed E-state index contributed by atoms with van der Waals surface area (Å²) in [4.78, 5) is 0. The Kier molecular flexibility index (Phi) is 6.13. The van der Waals surface area contributed by atoms with Crippen molar-refractivity contribution in [3.63, 3.8) is 0 Å². The smallest absolute Gasteiger partial charge is 0.119 e. The lowest BCUT2D eigenvalue weighted by Crippen LogP contribution is -2.30. The number of rotatable bonds is 5. The van der Waals surface area contributed by atoms with Crippen molar-refractivity contribution in [2.75, 3.05) is 13.2 Å². The van der Waals surface area contributed by atoms with Gasteiger partial charge in [-0.2, -0.15) is 0 Å². The highest BCUT2D eigenvalue weighted by Gasteiger charge is 2.33. The summed E-state index contributed by atoms with van der Waals surface area (Å²) >= 11 is 0. The number of aryl methyl sites for hydroxylation is 1. The van der Waals surface area contributed by atoms with Crippen molar-refractivity contribution in [3.05, 3.63) is 29.3 Å². The van der Waals surface area contributed by atoms with Gasteiger partial charge in [0.2, 0.25) is 0 Å². The molecule has 0 spiro atoms. The van der Waals surface area contributed by atoms with Gasteiger partial charge in [-0.1, -0.05) is 26.8 Å². The first-order chi connectivity index (χ1) is 10.9. The standard InChI is InChI=1S/C21H35NO/c1-6-23-18-11-12-19(15(2)13-18)20(14-22)16-7-9-17(10-8-16)21(3,4)5/h11-13,16-17,20H,6-10,14,22H2,1-5H3. The topological polar surface area (TPSA) is 35.2 Å². The number of benzene rings is 1. The molecule has 2 N–H and O–H groups in total. The molecule has 0 heterocycles. The van der Waals surface area contributed by atoms with E-state index < -0.39 is 0 Å². The van der Waals surface area contributed by atoms with Gasteiger partial charge in [0.1, 0.15) is 5.75 Å². The first kappa shape index (κ1) is 18.3. The second kappa shape index (κ2) is 7.70. The average Bonchev–Trinajstić information content (AvgIpc) is 2.50. The van der Waals surface area contributed by atoms with E-state index in [9.17, 15) is 0 Å². The molecule has 1 aliphatic carbocycles. The molecule has 0 aliphatic heterocycles. The molecular formula is C21H35NO. The maximum atomic E-state index is 6.19. The lowest BCUT2D eigenvalue weighted by molar-refractivity contribution is 0.140. The van der Waals surface area contributed by atoms with Crippen molar-refractivity contribution in [2.24, 2.45) is 23.0 Å². The highest BCUT2D eigenvalue weighted by molar-refractivity contribution is 5.37. The van der Waals surface area contributed by atoms with E-state index >= 15 is 0 Å². The fourth-order valence-electron chi connectivity index (χ4n) is 4.28. The molecule has 1 aromatic carbocycles. The molecule has 0 amide bonds. The molecule has 0 bridgehead atoms. The van der Waals surface area contributed by atoms with Crippen molar-refractivity contribution >= 4 is 0 Å². The van der Waals surface area contributed by atoms with Gasteiger partial charge in [0.15, 0.2) is 0 Å². The number of ether oxygens (including phenoxy) is 1. The molecule has 1 atom stereocenters. The molecule has 2 nitrogen and oxygen atoms in total. The molecule has 1 fully saturated rings. The van der Waals surface area contributed by atoms with Crippen LogP contribution in [-0.2, 0) is 0 Å². The summed E-state index contributed by atoms with van der Waals surface area (Å²) < 4.78 is 5.62. The van der Waals surface area contributed by atoms with Gasteiger partial charge in [-0.05, 0) is 92.5 Å². The minimum atomic E-state index is 0.443. The van der Waals surface area contributed by atoms with Gasteiger partial charge in [-0.15, -0.1) is 0 Å². The van der Waals surface area contributed by atoms with E-state index in [0.29, 0.717) is 11.3 Å². The third-order valence-corrected chi connectivity index (χ3v) is 5.77. The van der Waals surface area contributed by atoms with Crippen LogP contribution in [-0.4, -0.2) is 13.2 Å². The Morgan fingerprint density at radius 1 is 1.17 bits per heavy atom. The number of hydrogen-bond donors (Lipinski definition) is 1. The lowest BCUT2D eigenvalue weighted by atomic mass is 9.66. The van der Waals surface area contributed by atoms with E-state index in [1.54, 1.807) is 0 Å². The molecular weight excluding hydrogens is 282 g/mol. The lowest BCUT2D eigenvalue weighted by Gasteiger charge is -2.39. The molecule has 0 saturated heterocycles. The molecule has 1 aliphatic rings. The molecule has 23 heavy (non-hydrogen) atoms. The van der Waals surface area contributed by atoms with E-state index in [1.165, 1.54) is 36.8 Å². The third-order valence-electron chi connectivity index (χ3n) is 5.77. The minimum Gasteiger partial charge on any atom is -0.494 e. The second-order valence-corrected chi connectivity index (χ2v) is 8.27. The predicted molar refractivity (Wildman–Crippen MR) is 99.0 cm³/mol. The summed E-state index contributed by atoms with van der Waals surface area (Å²) in [6.07, 6.45) is 5.33. The summed E-state index contributed by atoms with van der Waals surface area (Å²) in [5.41, 5.74) is 9.38. The largest absolute Gasteiger partial charge is 0.494 e. The van der Waals surface area contributed by atoms with Crippen LogP contribution in [0.25, 0.3) is 0 Å². The van der Waals surface area contributed by atoms with E-state index in [4.69, 9.17) is 10.5 Å². The molecule has 0 aromatic heterocycles. The van der Waals surface area contributed by atoms with Crippen molar-refractivity contribution in [1.82, 2.24) is 0 Å². The monoisotopic (exact) mass is 317 g/mol. The van der Waals surface area contributed by atoms with Crippen molar-refractivity contribution in [1.29, 1.82) is 0 Å². The van der Waals surface area contributed by atoms with Gasteiger partial charge in [0.05, 0.1) is 6.61 Å². The average molecular weight is 318 g/mol. The summed E-state index contributed by atoms with van der Waals surface area (Å²) in [6.45, 7) is 12.8. The molecule has 2 heteroatoms. The van der Waals surface area contributed by atoms with Crippen molar-refractivity contribution in [2.45, 2.75) is 66.2 Å². The zero-order valence-electron chi connectivity index (χ0n) is 15.7. The van der Waals surface area contributed by atoms with Crippen molar-refractivity contribution in [3.8, 4) is 5.75 Å². The molecule has 1 aromatic rings. The quantitative estimate of drug-likeness (QED) is 0.801. The fourth-order valence-corrected chi connectivity index (χ4v) is 4.28.